The first kappa shape index (κ1) is 14.1. The van der Waals surface area contributed by atoms with Crippen molar-refractivity contribution in [1.29, 1.82) is 0 Å². The van der Waals surface area contributed by atoms with Crippen molar-refractivity contribution in [3.05, 3.63) is 76.9 Å². The van der Waals surface area contributed by atoms with E-state index in [1.807, 2.05) is 0 Å². The van der Waals surface area contributed by atoms with Gasteiger partial charge in [0.15, 0.2) is 0 Å². The fraction of sp³-hybridized carbons (Fsp3) is 0.300. The first-order valence-corrected chi connectivity index (χ1v) is 7.75. The Morgan fingerprint density at radius 2 is 1.81 bits per heavy atom. The van der Waals surface area contributed by atoms with E-state index < -0.39 is 0 Å². The number of rotatable bonds is 3. The van der Waals surface area contributed by atoms with E-state index in [1.54, 1.807) is 0 Å². The maximum atomic E-state index is 2.52. The van der Waals surface area contributed by atoms with E-state index in [9.17, 15) is 0 Å². The molecule has 0 spiro atoms. The summed E-state index contributed by atoms with van der Waals surface area (Å²) >= 11 is 0. The molecule has 0 N–H and O–H groups in total. The molecule has 0 radical (unpaired) electrons. The van der Waals surface area contributed by atoms with Gasteiger partial charge in [0, 0.05) is 19.6 Å². The molecule has 0 amide bonds. The van der Waals surface area contributed by atoms with E-state index >= 15 is 0 Å². The fourth-order valence-corrected chi connectivity index (χ4v) is 3.11. The zero-order valence-electron chi connectivity index (χ0n) is 13.0. The summed E-state index contributed by atoms with van der Waals surface area (Å²) < 4.78 is 0. The average molecular weight is 277 g/mol. The molecule has 1 aliphatic heterocycles. The van der Waals surface area contributed by atoms with Gasteiger partial charge < -0.3 is 0 Å². The molecule has 0 bridgehead atoms. The second kappa shape index (κ2) is 6.28. The highest BCUT2D eigenvalue weighted by Gasteiger charge is 2.14. The van der Waals surface area contributed by atoms with E-state index in [2.05, 4.69) is 73.4 Å². The van der Waals surface area contributed by atoms with Gasteiger partial charge in [-0.15, -0.1) is 0 Å². The summed E-state index contributed by atoms with van der Waals surface area (Å²) in [5, 5.41) is 0. The summed E-state index contributed by atoms with van der Waals surface area (Å²) in [6.45, 7) is 7.64. The molecule has 3 rings (SSSR count). The van der Waals surface area contributed by atoms with E-state index in [1.165, 1.54) is 27.8 Å². The van der Waals surface area contributed by atoms with Crippen LogP contribution in [0.5, 0.6) is 0 Å². The summed E-state index contributed by atoms with van der Waals surface area (Å²) in [4.78, 5) is 2.52. The van der Waals surface area contributed by atoms with Crippen LogP contribution in [0.4, 0.5) is 0 Å². The first-order valence-electron chi connectivity index (χ1n) is 7.75. The van der Waals surface area contributed by atoms with E-state index in [-0.39, 0.29) is 0 Å². The molecular formula is C20H23N. The number of hydrogen-bond donors (Lipinski definition) is 0. The fourth-order valence-electron chi connectivity index (χ4n) is 3.11. The molecular weight excluding hydrogens is 254 g/mol. The Kier molecular flexibility index (Phi) is 4.21. The molecule has 108 valence electrons. The van der Waals surface area contributed by atoms with Crippen LogP contribution in [-0.4, -0.2) is 18.0 Å². The molecule has 0 aliphatic carbocycles. The molecule has 2 aromatic rings. The van der Waals surface area contributed by atoms with E-state index in [4.69, 9.17) is 0 Å². The lowest BCUT2D eigenvalue weighted by Crippen LogP contribution is -2.28. The number of benzene rings is 2. The maximum absolute atomic E-state index is 2.52. The van der Waals surface area contributed by atoms with Crippen LogP contribution < -0.4 is 0 Å². The Labute approximate surface area is 127 Å². The summed E-state index contributed by atoms with van der Waals surface area (Å²) in [6, 6.07) is 17.5. The van der Waals surface area contributed by atoms with Crippen molar-refractivity contribution in [3.8, 4) is 0 Å². The van der Waals surface area contributed by atoms with Crippen molar-refractivity contribution >= 4 is 5.57 Å². The van der Waals surface area contributed by atoms with Crippen LogP contribution in [0, 0.1) is 13.8 Å². The predicted octanol–water partition coefficient (Wildman–Crippen LogP) is 4.59. The Morgan fingerprint density at radius 1 is 1.00 bits per heavy atom. The third-order valence-electron chi connectivity index (χ3n) is 4.27. The Morgan fingerprint density at radius 3 is 2.48 bits per heavy atom. The number of nitrogens with zero attached hydrogens (tertiary/aromatic N) is 1. The lowest BCUT2D eigenvalue weighted by atomic mass is 9.94. The van der Waals surface area contributed by atoms with Gasteiger partial charge in [-0.3, -0.25) is 4.90 Å². The number of hydrogen-bond acceptors (Lipinski definition) is 1. The van der Waals surface area contributed by atoms with Crippen LogP contribution in [0.25, 0.3) is 5.57 Å². The van der Waals surface area contributed by atoms with Gasteiger partial charge in [0.25, 0.3) is 0 Å². The average Bonchev–Trinajstić information content (AvgIpc) is 2.49. The Balaban J connectivity index is 1.69. The zero-order valence-corrected chi connectivity index (χ0v) is 13.0. The zero-order chi connectivity index (χ0) is 14.7. The summed E-state index contributed by atoms with van der Waals surface area (Å²) in [7, 11) is 0. The molecule has 1 aliphatic rings. The quantitative estimate of drug-likeness (QED) is 0.793. The Bertz CT molecular complexity index is 640. The third-order valence-corrected chi connectivity index (χ3v) is 4.27. The minimum absolute atomic E-state index is 1.05. The van der Waals surface area contributed by atoms with Gasteiger partial charge in [-0.05, 0) is 42.5 Å². The van der Waals surface area contributed by atoms with Crippen molar-refractivity contribution in [2.45, 2.75) is 26.8 Å². The van der Waals surface area contributed by atoms with Crippen molar-refractivity contribution in [1.82, 2.24) is 4.90 Å². The highest BCUT2D eigenvalue weighted by molar-refractivity contribution is 5.69. The van der Waals surface area contributed by atoms with Gasteiger partial charge in [-0.25, -0.2) is 0 Å². The molecule has 1 heteroatoms. The molecule has 0 saturated heterocycles. The monoisotopic (exact) mass is 277 g/mol. The van der Waals surface area contributed by atoms with Gasteiger partial charge in [-0.1, -0.05) is 60.2 Å². The third kappa shape index (κ3) is 3.43. The second-order valence-electron chi connectivity index (χ2n) is 6.02. The standard InChI is InChI=1S/C20H23N/c1-16-8-9-20(17(2)14-16)19-10-12-21(13-11-19)15-18-6-4-3-5-7-18/h3-10,14H,11-13,15H2,1-2H3. The van der Waals surface area contributed by atoms with Crippen molar-refractivity contribution < 1.29 is 0 Å². The van der Waals surface area contributed by atoms with Crippen LogP contribution in [-0.2, 0) is 6.54 Å². The van der Waals surface area contributed by atoms with E-state index in [0.29, 0.717) is 0 Å². The maximum Gasteiger partial charge on any atom is 0.0237 e. The minimum atomic E-state index is 1.05. The summed E-state index contributed by atoms with van der Waals surface area (Å²) in [5.41, 5.74) is 7.09. The topological polar surface area (TPSA) is 3.24 Å². The van der Waals surface area contributed by atoms with Crippen molar-refractivity contribution in [2.75, 3.05) is 13.1 Å². The highest BCUT2D eigenvalue weighted by atomic mass is 15.1. The molecule has 1 nitrogen and oxygen atoms in total. The highest BCUT2D eigenvalue weighted by Crippen LogP contribution is 2.26. The van der Waals surface area contributed by atoms with E-state index in [0.717, 1.165) is 26.1 Å². The van der Waals surface area contributed by atoms with Gasteiger partial charge in [0.05, 0.1) is 0 Å². The van der Waals surface area contributed by atoms with Crippen LogP contribution in [0.15, 0.2) is 54.6 Å². The van der Waals surface area contributed by atoms with Gasteiger partial charge >= 0.3 is 0 Å². The normalized spacial score (nSPS) is 15.8. The Hall–Kier alpha value is -1.86. The molecule has 21 heavy (non-hydrogen) atoms. The van der Waals surface area contributed by atoms with Gasteiger partial charge in [0.2, 0.25) is 0 Å². The SMILES string of the molecule is Cc1ccc(C2=CCN(Cc3ccccc3)CC2)c(C)c1. The lowest BCUT2D eigenvalue weighted by molar-refractivity contribution is 0.294. The molecule has 0 atom stereocenters. The van der Waals surface area contributed by atoms with Gasteiger partial charge in [0.1, 0.15) is 0 Å². The van der Waals surface area contributed by atoms with Gasteiger partial charge in [-0.2, -0.15) is 0 Å². The van der Waals surface area contributed by atoms with Crippen molar-refractivity contribution in [2.24, 2.45) is 0 Å². The molecule has 0 fully saturated rings. The molecule has 0 unspecified atom stereocenters. The molecule has 1 heterocycles. The van der Waals surface area contributed by atoms with Crippen LogP contribution in [0.2, 0.25) is 0 Å². The smallest absolute Gasteiger partial charge is 0.0237 e. The van der Waals surface area contributed by atoms with Crippen LogP contribution in [0.3, 0.4) is 0 Å². The minimum Gasteiger partial charge on any atom is -0.295 e. The van der Waals surface area contributed by atoms with Crippen molar-refractivity contribution in [3.63, 3.8) is 0 Å². The molecule has 2 aromatic carbocycles. The van der Waals surface area contributed by atoms with Crippen LogP contribution in [0.1, 0.15) is 28.7 Å². The summed E-state index contributed by atoms with van der Waals surface area (Å²) in [5.74, 6) is 0. The first-order chi connectivity index (χ1) is 10.2. The second-order valence-corrected chi connectivity index (χ2v) is 6.02. The lowest BCUT2D eigenvalue weighted by Gasteiger charge is -2.27. The predicted molar refractivity (Wildman–Crippen MR) is 90.2 cm³/mol. The summed E-state index contributed by atoms with van der Waals surface area (Å²) in [6.07, 6.45) is 3.56. The van der Waals surface area contributed by atoms with Crippen LogP contribution >= 0.6 is 0 Å². The largest absolute Gasteiger partial charge is 0.295 e. The molecule has 0 aromatic heterocycles. The number of aryl methyl sites for hydroxylation is 2. The molecule has 0 saturated carbocycles.